The van der Waals surface area contributed by atoms with E-state index < -0.39 is 0 Å². The summed E-state index contributed by atoms with van der Waals surface area (Å²) >= 11 is 0. The van der Waals surface area contributed by atoms with Crippen LogP contribution in [0, 0.1) is 0 Å². The average molecular weight is 293 g/mol. The van der Waals surface area contributed by atoms with Crippen LogP contribution in [0.5, 0.6) is 5.75 Å². The molecule has 6 heteroatoms. The number of ether oxygens (including phenoxy) is 1. The lowest BCUT2D eigenvalue weighted by atomic mass is 10.0. The Morgan fingerprint density at radius 1 is 1.27 bits per heavy atom. The first kappa shape index (κ1) is 12.8. The van der Waals surface area contributed by atoms with Crippen molar-refractivity contribution < 1.29 is 4.74 Å². The lowest BCUT2D eigenvalue weighted by Crippen LogP contribution is -1.98. The van der Waals surface area contributed by atoms with Crippen molar-refractivity contribution >= 4 is 11.5 Å². The standard InChI is InChI=1S/C16H15N5O/c1-21-10-11(7-19-21)14-9-18-16(15-13(14)4-6-22-15)20-12-3-2-5-17-8-12/h2-3,5,7-10H,4,6H2,1H3,(H,18,20). The normalized spacial score (nSPS) is 12.8. The predicted molar refractivity (Wildman–Crippen MR) is 83.2 cm³/mol. The van der Waals surface area contributed by atoms with Gasteiger partial charge in [-0.25, -0.2) is 4.98 Å². The van der Waals surface area contributed by atoms with Crippen molar-refractivity contribution in [2.45, 2.75) is 6.42 Å². The molecule has 0 radical (unpaired) electrons. The second-order valence-corrected chi connectivity index (χ2v) is 5.20. The van der Waals surface area contributed by atoms with Gasteiger partial charge in [0.15, 0.2) is 11.6 Å². The summed E-state index contributed by atoms with van der Waals surface area (Å²) in [5.41, 5.74) is 4.21. The van der Waals surface area contributed by atoms with Crippen molar-refractivity contribution in [3.63, 3.8) is 0 Å². The van der Waals surface area contributed by atoms with E-state index in [2.05, 4.69) is 20.4 Å². The Morgan fingerprint density at radius 3 is 3.00 bits per heavy atom. The van der Waals surface area contributed by atoms with E-state index in [0.717, 1.165) is 34.8 Å². The minimum absolute atomic E-state index is 0.677. The van der Waals surface area contributed by atoms with Crippen LogP contribution < -0.4 is 10.1 Å². The van der Waals surface area contributed by atoms with E-state index in [1.807, 2.05) is 37.8 Å². The molecule has 3 aromatic rings. The zero-order valence-electron chi connectivity index (χ0n) is 12.2. The summed E-state index contributed by atoms with van der Waals surface area (Å²) < 4.78 is 7.59. The Balaban J connectivity index is 1.75. The molecule has 1 N–H and O–H groups in total. The van der Waals surface area contributed by atoms with Crippen molar-refractivity contribution in [1.29, 1.82) is 0 Å². The maximum absolute atomic E-state index is 5.80. The molecule has 4 rings (SSSR count). The van der Waals surface area contributed by atoms with Gasteiger partial charge in [0, 0.05) is 48.7 Å². The van der Waals surface area contributed by atoms with Gasteiger partial charge in [0.2, 0.25) is 0 Å². The fraction of sp³-hybridized carbons (Fsp3) is 0.188. The molecule has 0 atom stereocenters. The SMILES string of the molecule is Cn1cc(-c2cnc(Nc3cccnc3)c3c2CCO3)cn1. The molecular weight excluding hydrogens is 278 g/mol. The van der Waals surface area contributed by atoms with Crippen LogP contribution in [0.2, 0.25) is 0 Å². The number of rotatable bonds is 3. The molecule has 1 aliphatic heterocycles. The van der Waals surface area contributed by atoms with E-state index >= 15 is 0 Å². The number of hydrogen-bond acceptors (Lipinski definition) is 5. The molecule has 4 heterocycles. The van der Waals surface area contributed by atoms with E-state index in [4.69, 9.17) is 4.74 Å². The molecule has 0 bridgehead atoms. The van der Waals surface area contributed by atoms with Gasteiger partial charge in [-0.1, -0.05) is 0 Å². The third-order valence-electron chi connectivity index (χ3n) is 3.68. The molecule has 0 amide bonds. The third-order valence-corrected chi connectivity index (χ3v) is 3.68. The molecular formula is C16H15N5O. The van der Waals surface area contributed by atoms with Gasteiger partial charge >= 0.3 is 0 Å². The quantitative estimate of drug-likeness (QED) is 0.804. The summed E-state index contributed by atoms with van der Waals surface area (Å²) in [5.74, 6) is 1.55. The van der Waals surface area contributed by atoms with Gasteiger partial charge in [0.05, 0.1) is 24.7 Å². The molecule has 0 aliphatic carbocycles. The Labute approximate surface area is 127 Å². The molecule has 6 nitrogen and oxygen atoms in total. The van der Waals surface area contributed by atoms with Gasteiger partial charge in [0.1, 0.15) is 0 Å². The van der Waals surface area contributed by atoms with E-state index in [-0.39, 0.29) is 0 Å². The lowest BCUT2D eigenvalue weighted by Gasteiger charge is -2.11. The summed E-state index contributed by atoms with van der Waals surface area (Å²) in [4.78, 5) is 8.63. The molecule has 0 fully saturated rings. The van der Waals surface area contributed by atoms with E-state index in [1.54, 1.807) is 17.1 Å². The van der Waals surface area contributed by atoms with Crippen molar-refractivity contribution in [3.8, 4) is 16.9 Å². The first-order valence-corrected chi connectivity index (χ1v) is 7.12. The second kappa shape index (κ2) is 5.14. The van der Waals surface area contributed by atoms with Crippen molar-refractivity contribution in [1.82, 2.24) is 19.7 Å². The molecule has 0 unspecified atom stereocenters. The summed E-state index contributed by atoms with van der Waals surface area (Å²) in [7, 11) is 1.91. The summed E-state index contributed by atoms with van der Waals surface area (Å²) in [5, 5.41) is 7.50. The number of aromatic nitrogens is 4. The second-order valence-electron chi connectivity index (χ2n) is 5.20. The van der Waals surface area contributed by atoms with Crippen molar-refractivity contribution in [2.24, 2.45) is 7.05 Å². The maximum Gasteiger partial charge on any atom is 0.173 e. The molecule has 0 aromatic carbocycles. The van der Waals surface area contributed by atoms with Crippen molar-refractivity contribution in [3.05, 3.63) is 48.7 Å². The Hall–Kier alpha value is -2.89. The van der Waals surface area contributed by atoms with Gasteiger partial charge in [0.25, 0.3) is 0 Å². The number of fused-ring (bicyclic) bond motifs is 1. The molecule has 3 aromatic heterocycles. The Morgan fingerprint density at radius 2 is 2.23 bits per heavy atom. The van der Waals surface area contributed by atoms with Crippen molar-refractivity contribution in [2.75, 3.05) is 11.9 Å². The minimum atomic E-state index is 0.677. The lowest BCUT2D eigenvalue weighted by molar-refractivity contribution is 0.357. The summed E-state index contributed by atoms with van der Waals surface area (Å²) in [6.07, 6.45) is 10.1. The first-order valence-electron chi connectivity index (χ1n) is 7.12. The zero-order chi connectivity index (χ0) is 14.9. The monoisotopic (exact) mass is 293 g/mol. The predicted octanol–water partition coefficient (Wildman–Crippen LogP) is 2.56. The molecule has 0 spiro atoms. The van der Waals surface area contributed by atoms with Gasteiger partial charge in [-0.05, 0) is 12.1 Å². The van der Waals surface area contributed by atoms with Crippen LogP contribution in [0.4, 0.5) is 11.5 Å². The van der Waals surface area contributed by atoms with E-state index in [1.165, 1.54) is 5.56 Å². The van der Waals surface area contributed by atoms with Crippen LogP contribution in [0.1, 0.15) is 5.56 Å². The van der Waals surface area contributed by atoms with E-state index in [9.17, 15) is 0 Å². The van der Waals surface area contributed by atoms with Gasteiger partial charge in [-0.3, -0.25) is 9.67 Å². The third kappa shape index (κ3) is 2.18. The van der Waals surface area contributed by atoms with Crippen LogP contribution >= 0.6 is 0 Å². The van der Waals surface area contributed by atoms with E-state index in [0.29, 0.717) is 6.61 Å². The largest absolute Gasteiger partial charge is 0.489 e. The number of anilines is 2. The topological polar surface area (TPSA) is 64.9 Å². The maximum atomic E-state index is 5.80. The molecule has 1 aliphatic rings. The average Bonchev–Trinajstić information content (AvgIpc) is 3.18. The fourth-order valence-corrected chi connectivity index (χ4v) is 2.66. The van der Waals surface area contributed by atoms with Crippen LogP contribution in [0.3, 0.4) is 0 Å². The van der Waals surface area contributed by atoms with Gasteiger partial charge < -0.3 is 10.1 Å². The molecule has 110 valence electrons. The van der Waals surface area contributed by atoms with Crippen LogP contribution in [-0.2, 0) is 13.5 Å². The molecule has 0 saturated carbocycles. The summed E-state index contributed by atoms with van der Waals surface area (Å²) in [6, 6.07) is 3.83. The fourth-order valence-electron chi connectivity index (χ4n) is 2.66. The number of nitrogens with zero attached hydrogens (tertiary/aromatic N) is 4. The smallest absolute Gasteiger partial charge is 0.173 e. The highest BCUT2D eigenvalue weighted by molar-refractivity contribution is 5.75. The molecule has 0 saturated heterocycles. The first-order chi connectivity index (χ1) is 10.8. The summed E-state index contributed by atoms with van der Waals surface area (Å²) in [6.45, 7) is 0.677. The minimum Gasteiger partial charge on any atom is -0.489 e. The highest BCUT2D eigenvalue weighted by Gasteiger charge is 2.23. The Bertz CT molecular complexity index is 813. The highest BCUT2D eigenvalue weighted by atomic mass is 16.5. The number of nitrogens with one attached hydrogen (secondary N) is 1. The highest BCUT2D eigenvalue weighted by Crippen LogP contribution is 2.39. The van der Waals surface area contributed by atoms with Crippen LogP contribution in [-0.4, -0.2) is 26.4 Å². The number of aryl methyl sites for hydroxylation is 1. The van der Waals surface area contributed by atoms with Crippen LogP contribution in [0.25, 0.3) is 11.1 Å². The van der Waals surface area contributed by atoms with Gasteiger partial charge in [-0.2, -0.15) is 5.10 Å². The van der Waals surface area contributed by atoms with Gasteiger partial charge in [-0.15, -0.1) is 0 Å². The number of pyridine rings is 2. The number of hydrogen-bond donors (Lipinski definition) is 1. The molecule has 22 heavy (non-hydrogen) atoms. The zero-order valence-corrected chi connectivity index (χ0v) is 12.2. The Kier molecular flexibility index (Phi) is 3.00. The van der Waals surface area contributed by atoms with Crippen LogP contribution in [0.15, 0.2) is 43.1 Å².